The molecule has 0 radical (unpaired) electrons. The molecule has 0 saturated carbocycles. The normalized spacial score (nSPS) is 24.4. The van der Waals surface area contributed by atoms with Crippen LogP contribution >= 0.6 is 0 Å². The third-order valence-electron chi connectivity index (χ3n) is 3.98. The highest BCUT2D eigenvalue weighted by Crippen LogP contribution is 2.22. The third kappa shape index (κ3) is 3.74. The average molecular weight is 302 g/mol. The van der Waals surface area contributed by atoms with Gasteiger partial charge < -0.3 is 18.6 Å². The molecule has 4 aliphatic heterocycles. The highest BCUT2D eigenvalue weighted by atomic mass is 16.6. The van der Waals surface area contributed by atoms with Crippen LogP contribution in [0.5, 0.6) is 0 Å². The van der Waals surface area contributed by atoms with E-state index >= 15 is 0 Å². The largest absolute Gasteiger partial charge is 0.493 e. The Morgan fingerprint density at radius 3 is 1.18 bits per heavy atom. The second-order valence-electron chi connectivity index (χ2n) is 7.90. The maximum absolute atomic E-state index is 6.08. The van der Waals surface area contributed by atoms with Crippen molar-refractivity contribution < 1.29 is 18.6 Å². The van der Waals surface area contributed by atoms with Crippen LogP contribution in [-0.2, 0) is 18.6 Å². The van der Waals surface area contributed by atoms with Crippen LogP contribution in [0, 0.1) is 10.8 Å². The summed E-state index contributed by atoms with van der Waals surface area (Å²) in [5.41, 5.74) is 1.89. The molecule has 6 heteroatoms. The van der Waals surface area contributed by atoms with Crippen LogP contribution in [0.3, 0.4) is 0 Å². The van der Waals surface area contributed by atoms with Crippen LogP contribution in [0.2, 0.25) is 0 Å². The third-order valence-corrected chi connectivity index (χ3v) is 3.98. The first-order valence-corrected chi connectivity index (χ1v) is 7.91. The van der Waals surface area contributed by atoms with Crippen molar-refractivity contribution in [3.63, 3.8) is 0 Å². The van der Waals surface area contributed by atoms with E-state index in [1.165, 1.54) is 0 Å². The Labute approximate surface area is 133 Å². The Hall–Kier alpha value is -0.810. The SMILES string of the molecule is CC1(C)COB2OCC(C)(C)COB(OC1)c1ccc2cc1. The van der Waals surface area contributed by atoms with Gasteiger partial charge in [-0.15, -0.1) is 0 Å². The Balaban J connectivity index is 1.99. The lowest BCUT2D eigenvalue weighted by Gasteiger charge is -2.32. The fourth-order valence-corrected chi connectivity index (χ4v) is 2.58. The fourth-order valence-electron chi connectivity index (χ4n) is 2.58. The van der Waals surface area contributed by atoms with Gasteiger partial charge in [-0.3, -0.25) is 0 Å². The van der Waals surface area contributed by atoms with Gasteiger partial charge in [-0.1, -0.05) is 52.0 Å². The van der Waals surface area contributed by atoms with E-state index in [-0.39, 0.29) is 25.1 Å². The summed E-state index contributed by atoms with van der Waals surface area (Å²) in [4.78, 5) is 0. The molecule has 0 spiro atoms. The van der Waals surface area contributed by atoms with Gasteiger partial charge in [-0.25, -0.2) is 0 Å². The number of benzene rings is 1. The second kappa shape index (κ2) is 6.00. The first kappa shape index (κ1) is 16.1. The summed E-state index contributed by atoms with van der Waals surface area (Å²) >= 11 is 0. The Morgan fingerprint density at radius 2 is 0.909 bits per heavy atom. The zero-order valence-corrected chi connectivity index (χ0v) is 13.9. The molecular weight excluding hydrogens is 278 g/mol. The highest BCUT2D eigenvalue weighted by molar-refractivity contribution is 6.63. The van der Waals surface area contributed by atoms with Crippen molar-refractivity contribution in [1.29, 1.82) is 0 Å². The quantitative estimate of drug-likeness (QED) is 0.675. The molecule has 4 aliphatic rings. The van der Waals surface area contributed by atoms with Gasteiger partial charge in [-0.05, 0) is 10.9 Å². The first-order chi connectivity index (χ1) is 10.3. The molecular formula is C16H24B2O4. The predicted octanol–water partition coefficient (Wildman–Crippen LogP) is 1.22. The molecule has 1 aromatic rings. The van der Waals surface area contributed by atoms with Crippen molar-refractivity contribution in [3.8, 4) is 0 Å². The molecule has 5 rings (SSSR count). The Kier molecular flexibility index (Phi) is 4.38. The van der Waals surface area contributed by atoms with Gasteiger partial charge >= 0.3 is 14.2 Å². The van der Waals surface area contributed by atoms with Crippen LogP contribution in [0.15, 0.2) is 24.3 Å². The highest BCUT2D eigenvalue weighted by Gasteiger charge is 2.35. The first-order valence-electron chi connectivity index (χ1n) is 7.91. The summed E-state index contributed by atoms with van der Waals surface area (Å²) in [6.45, 7) is 10.8. The number of hydrogen-bond acceptors (Lipinski definition) is 4. The molecule has 4 bridgehead atoms. The maximum atomic E-state index is 6.08. The van der Waals surface area contributed by atoms with Crippen molar-refractivity contribution in [2.75, 3.05) is 26.4 Å². The molecule has 0 aromatic heterocycles. The molecule has 4 heterocycles. The number of hydrogen-bond donors (Lipinski definition) is 0. The minimum absolute atomic E-state index is 0.0944. The smallest absolute Gasteiger partial charge is 0.407 e. The van der Waals surface area contributed by atoms with E-state index in [2.05, 4.69) is 27.7 Å². The lowest BCUT2D eigenvalue weighted by atomic mass is 9.74. The molecule has 0 atom stereocenters. The summed E-state index contributed by atoms with van der Waals surface area (Å²) in [6.07, 6.45) is 0. The minimum atomic E-state index is -0.345. The molecule has 22 heavy (non-hydrogen) atoms. The monoisotopic (exact) mass is 302 g/mol. The molecule has 1 aromatic carbocycles. The summed E-state index contributed by atoms with van der Waals surface area (Å²) in [6, 6.07) is 8.15. The van der Waals surface area contributed by atoms with E-state index < -0.39 is 0 Å². The molecule has 0 fully saturated rings. The van der Waals surface area contributed by atoms with Gasteiger partial charge in [0.05, 0.1) is 0 Å². The number of fused-ring (bicyclic) bond motifs is 8. The Bertz CT molecular complexity index is 448. The zero-order chi connectivity index (χ0) is 15.8. The lowest BCUT2D eigenvalue weighted by Crippen LogP contribution is -2.45. The molecule has 118 valence electrons. The Morgan fingerprint density at radius 1 is 0.636 bits per heavy atom. The molecule has 4 nitrogen and oxygen atoms in total. The summed E-state index contributed by atoms with van der Waals surface area (Å²) in [5, 5.41) is 0. The van der Waals surface area contributed by atoms with E-state index in [1.54, 1.807) is 0 Å². The second-order valence-corrected chi connectivity index (χ2v) is 7.90. The van der Waals surface area contributed by atoms with Crippen LogP contribution in [-0.4, -0.2) is 40.7 Å². The maximum Gasteiger partial charge on any atom is 0.493 e. The molecule has 0 N–H and O–H groups in total. The molecule has 0 saturated heterocycles. The number of rotatable bonds is 0. The van der Waals surface area contributed by atoms with Crippen molar-refractivity contribution >= 4 is 25.2 Å². The molecule has 0 aliphatic carbocycles. The van der Waals surface area contributed by atoms with E-state index in [0.717, 1.165) is 10.9 Å². The van der Waals surface area contributed by atoms with E-state index in [9.17, 15) is 0 Å². The van der Waals surface area contributed by atoms with Crippen molar-refractivity contribution in [2.24, 2.45) is 10.8 Å². The minimum Gasteiger partial charge on any atom is -0.407 e. The standard InChI is InChI=1S/C16H24B2O4/c1-15(2)9-19-17-13-5-6-14(8-7-13)18(20-10-15)22-12-16(3,4)11-21-17/h5-8H,9-12H2,1-4H3. The molecule has 0 unspecified atom stereocenters. The molecule has 0 amide bonds. The van der Waals surface area contributed by atoms with Crippen molar-refractivity contribution in [2.45, 2.75) is 27.7 Å². The van der Waals surface area contributed by atoms with Gasteiger partial charge in [-0.2, -0.15) is 0 Å². The summed E-state index contributed by atoms with van der Waals surface area (Å²) in [5.74, 6) is 0. The van der Waals surface area contributed by atoms with E-state index in [0.29, 0.717) is 26.4 Å². The van der Waals surface area contributed by atoms with Crippen LogP contribution in [0.25, 0.3) is 0 Å². The van der Waals surface area contributed by atoms with Crippen LogP contribution in [0.4, 0.5) is 0 Å². The van der Waals surface area contributed by atoms with Gasteiger partial charge in [0.2, 0.25) is 0 Å². The topological polar surface area (TPSA) is 36.9 Å². The van der Waals surface area contributed by atoms with Crippen molar-refractivity contribution in [1.82, 2.24) is 0 Å². The summed E-state index contributed by atoms with van der Waals surface area (Å²) in [7, 11) is -0.690. The van der Waals surface area contributed by atoms with E-state index in [1.807, 2.05) is 24.3 Å². The van der Waals surface area contributed by atoms with Gasteiger partial charge in [0.15, 0.2) is 0 Å². The van der Waals surface area contributed by atoms with Crippen molar-refractivity contribution in [3.05, 3.63) is 24.3 Å². The van der Waals surface area contributed by atoms with Gasteiger partial charge in [0, 0.05) is 37.3 Å². The van der Waals surface area contributed by atoms with Gasteiger partial charge in [0.25, 0.3) is 0 Å². The van der Waals surface area contributed by atoms with E-state index in [4.69, 9.17) is 18.6 Å². The lowest BCUT2D eigenvalue weighted by molar-refractivity contribution is 0.0346. The van der Waals surface area contributed by atoms with Crippen LogP contribution in [0.1, 0.15) is 27.7 Å². The summed E-state index contributed by atoms with van der Waals surface area (Å²) < 4.78 is 24.3. The zero-order valence-electron chi connectivity index (χ0n) is 13.9. The van der Waals surface area contributed by atoms with Crippen LogP contribution < -0.4 is 10.9 Å². The fraction of sp³-hybridized carbons (Fsp3) is 0.625. The van der Waals surface area contributed by atoms with Gasteiger partial charge in [0.1, 0.15) is 0 Å². The predicted molar refractivity (Wildman–Crippen MR) is 88.6 cm³/mol. The average Bonchev–Trinajstić information content (AvgIpc) is 2.52.